The smallest absolute Gasteiger partial charge is 0.240 e. The van der Waals surface area contributed by atoms with Crippen LogP contribution < -0.4 is 0 Å². The van der Waals surface area contributed by atoms with E-state index in [1.165, 1.54) is 11.1 Å². The summed E-state index contributed by atoms with van der Waals surface area (Å²) in [6, 6.07) is 11.6. The lowest BCUT2D eigenvalue weighted by atomic mass is 10.1. The van der Waals surface area contributed by atoms with Gasteiger partial charge in [0.15, 0.2) is 0 Å². The molecule has 3 nitrogen and oxygen atoms in total. The van der Waals surface area contributed by atoms with Crippen LogP contribution in [0.3, 0.4) is 0 Å². The van der Waals surface area contributed by atoms with E-state index in [0.717, 1.165) is 12.8 Å². The first kappa shape index (κ1) is 11.2. The first-order valence-corrected chi connectivity index (χ1v) is 5.44. The van der Waals surface area contributed by atoms with Crippen molar-refractivity contribution >= 4 is 11.8 Å². The van der Waals surface area contributed by atoms with E-state index >= 15 is 0 Å². The third-order valence-corrected chi connectivity index (χ3v) is 2.54. The van der Waals surface area contributed by atoms with Crippen molar-refractivity contribution in [2.75, 3.05) is 0 Å². The fourth-order valence-corrected chi connectivity index (χ4v) is 1.67. The predicted octanol–water partition coefficient (Wildman–Crippen LogP) is 2.83. The minimum atomic E-state index is 0.659. The lowest BCUT2D eigenvalue weighted by Crippen LogP contribution is -1.91. The molecule has 0 radical (unpaired) electrons. The number of pyridine rings is 1. The highest BCUT2D eigenvalue weighted by atomic mass is 16.1. The molecule has 0 bridgehead atoms. The molecule has 0 saturated heterocycles. The average molecular weight is 224 g/mol. The summed E-state index contributed by atoms with van der Waals surface area (Å²) in [5, 5.41) is 0. The van der Waals surface area contributed by atoms with Gasteiger partial charge in [0.2, 0.25) is 6.08 Å². The van der Waals surface area contributed by atoms with Crippen molar-refractivity contribution in [3.63, 3.8) is 0 Å². The molecule has 0 atom stereocenters. The van der Waals surface area contributed by atoms with Gasteiger partial charge in [-0.1, -0.05) is 12.1 Å². The highest BCUT2D eigenvalue weighted by Gasteiger charge is 1.97. The SMILES string of the molecule is O=C=Nc1cccc(CCc2ccncc2)c1. The number of nitrogens with zero attached hydrogens (tertiary/aromatic N) is 2. The monoisotopic (exact) mass is 224 g/mol. The Balaban J connectivity index is 2.04. The van der Waals surface area contributed by atoms with Crippen molar-refractivity contribution in [2.45, 2.75) is 12.8 Å². The second-order valence-corrected chi connectivity index (χ2v) is 3.73. The Morgan fingerprint density at radius 3 is 2.59 bits per heavy atom. The molecule has 0 unspecified atom stereocenters. The molecule has 0 fully saturated rings. The van der Waals surface area contributed by atoms with E-state index in [0.29, 0.717) is 5.69 Å². The van der Waals surface area contributed by atoms with Gasteiger partial charge >= 0.3 is 0 Å². The third kappa shape index (κ3) is 3.37. The summed E-state index contributed by atoms with van der Waals surface area (Å²) in [6.45, 7) is 0. The Labute approximate surface area is 99.9 Å². The number of hydrogen-bond acceptors (Lipinski definition) is 3. The summed E-state index contributed by atoms with van der Waals surface area (Å²) in [7, 11) is 0. The Morgan fingerprint density at radius 2 is 1.82 bits per heavy atom. The van der Waals surface area contributed by atoms with Gasteiger partial charge in [0.1, 0.15) is 0 Å². The number of benzene rings is 1. The predicted molar refractivity (Wildman–Crippen MR) is 65.9 cm³/mol. The van der Waals surface area contributed by atoms with E-state index in [9.17, 15) is 4.79 Å². The molecule has 2 aromatic rings. The number of isocyanates is 1. The Hall–Kier alpha value is -2.25. The van der Waals surface area contributed by atoms with Crippen LogP contribution in [0.15, 0.2) is 53.8 Å². The van der Waals surface area contributed by atoms with Crippen molar-refractivity contribution in [1.82, 2.24) is 4.98 Å². The number of carbonyl (C=O) groups excluding carboxylic acids is 1. The number of aliphatic imine (C=N–C) groups is 1. The molecule has 0 aliphatic heterocycles. The molecule has 84 valence electrons. The molecule has 0 saturated carbocycles. The van der Waals surface area contributed by atoms with Crippen LogP contribution >= 0.6 is 0 Å². The second kappa shape index (κ2) is 5.73. The Bertz CT molecular complexity index is 531. The molecular formula is C14H12N2O. The molecular weight excluding hydrogens is 212 g/mol. The van der Waals surface area contributed by atoms with Crippen LogP contribution in [-0.4, -0.2) is 11.1 Å². The van der Waals surface area contributed by atoms with Gasteiger partial charge < -0.3 is 0 Å². The van der Waals surface area contributed by atoms with Crippen LogP contribution in [0.4, 0.5) is 5.69 Å². The molecule has 0 spiro atoms. The molecule has 0 aliphatic rings. The average Bonchev–Trinajstić information content (AvgIpc) is 2.39. The standard InChI is InChI=1S/C14H12N2O/c17-11-16-14-3-1-2-13(10-14)5-4-12-6-8-15-9-7-12/h1-3,6-10H,4-5H2. The molecule has 1 aromatic carbocycles. The zero-order chi connectivity index (χ0) is 11.9. The maximum Gasteiger partial charge on any atom is 0.240 e. The van der Waals surface area contributed by atoms with E-state index < -0.39 is 0 Å². The third-order valence-electron chi connectivity index (χ3n) is 2.54. The van der Waals surface area contributed by atoms with Gasteiger partial charge in [0.05, 0.1) is 5.69 Å². The van der Waals surface area contributed by atoms with E-state index in [1.807, 2.05) is 30.3 Å². The molecule has 17 heavy (non-hydrogen) atoms. The van der Waals surface area contributed by atoms with Crippen molar-refractivity contribution in [3.05, 3.63) is 59.9 Å². The summed E-state index contributed by atoms with van der Waals surface area (Å²) >= 11 is 0. The van der Waals surface area contributed by atoms with Gasteiger partial charge in [-0.15, -0.1) is 0 Å². The van der Waals surface area contributed by atoms with Gasteiger partial charge in [-0.2, -0.15) is 4.99 Å². The van der Waals surface area contributed by atoms with Crippen molar-refractivity contribution in [2.24, 2.45) is 4.99 Å². The molecule has 0 N–H and O–H groups in total. The highest BCUT2D eigenvalue weighted by Crippen LogP contribution is 2.15. The zero-order valence-electron chi connectivity index (χ0n) is 9.34. The normalized spacial score (nSPS) is 9.65. The van der Waals surface area contributed by atoms with Crippen molar-refractivity contribution in [3.8, 4) is 0 Å². The minimum absolute atomic E-state index is 0.659. The van der Waals surface area contributed by atoms with Gasteiger partial charge in [-0.25, -0.2) is 4.79 Å². The zero-order valence-corrected chi connectivity index (χ0v) is 9.34. The van der Waals surface area contributed by atoms with Gasteiger partial charge in [-0.3, -0.25) is 4.98 Å². The fraction of sp³-hybridized carbons (Fsp3) is 0.143. The Morgan fingerprint density at radius 1 is 1.06 bits per heavy atom. The molecule has 3 heteroatoms. The van der Waals surface area contributed by atoms with Crippen LogP contribution in [0, 0.1) is 0 Å². The lowest BCUT2D eigenvalue weighted by molar-refractivity contribution is 0.565. The van der Waals surface area contributed by atoms with E-state index in [1.54, 1.807) is 24.5 Å². The van der Waals surface area contributed by atoms with Crippen LogP contribution in [0.5, 0.6) is 0 Å². The molecule has 1 heterocycles. The number of aromatic nitrogens is 1. The maximum atomic E-state index is 10.2. The van der Waals surface area contributed by atoms with E-state index in [2.05, 4.69) is 9.98 Å². The molecule has 1 aromatic heterocycles. The van der Waals surface area contributed by atoms with Crippen molar-refractivity contribution in [1.29, 1.82) is 0 Å². The number of aryl methyl sites for hydroxylation is 2. The summed E-state index contributed by atoms with van der Waals surface area (Å²) < 4.78 is 0. The summed E-state index contributed by atoms with van der Waals surface area (Å²) in [5.74, 6) is 0. The van der Waals surface area contributed by atoms with Crippen LogP contribution in [0.2, 0.25) is 0 Å². The first-order chi connectivity index (χ1) is 8.38. The molecule has 0 amide bonds. The number of rotatable bonds is 4. The maximum absolute atomic E-state index is 10.2. The second-order valence-electron chi connectivity index (χ2n) is 3.73. The summed E-state index contributed by atoms with van der Waals surface area (Å²) in [6.07, 6.45) is 7.02. The minimum Gasteiger partial charge on any atom is -0.265 e. The number of hydrogen-bond donors (Lipinski definition) is 0. The topological polar surface area (TPSA) is 42.3 Å². The quantitative estimate of drug-likeness (QED) is 0.592. The Kier molecular flexibility index (Phi) is 3.79. The van der Waals surface area contributed by atoms with Gasteiger partial charge in [0.25, 0.3) is 0 Å². The molecule has 2 rings (SSSR count). The largest absolute Gasteiger partial charge is 0.265 e. The molecule has 0 aliphatic carbocycles. The highest BCUT2D eigenvalue weighted by molar-refractivity contribution is 5.49. The van der Waals surface area contributed by atoms with Gasteiger partial charge in [0, 0.05) is 12.4 Å². The van der Waals surface area contributed by atoms with Crippen LogP contribution in [-0.2, 0) is 17.6 Å². The van der Waals surface area contributed by atoms with Crippen LogP contribution in [0.1, 0.15) is 11.1 Å². The van der Waals surface area contributed by atoms with Crippen LogP contribution in [0.25, 0.3) is 0 Å². The lowest BCUT2D eigenvalue weighted by Gasteiger charge is -2.02. The van der Waals surface area contributed by atoms with E-state index in [4.69, 9.17) is 0 Å². The summed E-state index contributed by atoms with van der Waals surface area (Å²) in [4.78, 5) is 17.8. The first-order valence-electron chi connectivity index (χ1n) is 5.44. The van der Waals surface area contributed by atoms with Gasteiger partial charge in [-0.05, 0) is 48.2 Å². The summed E-state index contributed by atoms with van der Waals surface area (Å²) in [5.41, 5.74) is 3.08. The fourth-order valence-electron chi connectivity index (χ4n) is 1.67. The van der Waals surface area contributed by atoms with Crippen molar-refractivity contribution < 1.29 is 4.79 Å². The van der Waals surface area contributed by atoms with E-state index in [-0.39, 0.29) is 0 Å².